The minimum atomic E-state index is -0.446. The van der Waals surface area contributed by atoms with Gasteiger partial charge >= 0.3 is 5.97 Å². The Bertz CT molecular complexity index is 572. The number of esters is 1. The van der Waals surface area contributed by atoms with Crippen molar-refractivity contribution in [3.63, 3.8) is 0 Å². The van der Waals surface area contributed by atoms with Gasteiger partial charge in [-0.05, 0) is 58.0 Å². The molecular weight excluding hydrogens is 332 g/mol. The van der Waals surface area contributed by atoms with Crippen LogP contribution in [0.15, 0.2) is 18.2 Å². The fraction of sp³-hybridized carbons (Fsp3) is 0.529. The fourth-order valence-corrected chi connectivity index (χ4v) is 2.55. The summed E-state index contributed by atoms with van der Waals surface area (Å²) in [5, 5.41) is 6.14. The van der Waals surface area contributed by atoms with Gasteiger partial charge < -0.3 is 20.1 Å². The molecule has 24 heavy (non-hydrogen) atoms. The SMILES string of the molecule is COC(=O)c1ccc(OC(C)C)c(NC(=O)C2CCNCC2)c1.Cl. The van der Waals surface area contributed by atoms with Crippen molar-refractivity contribution in [1.82, 2.24) is 5.32 Å². The number of nitrogens with one attached hydrogen (secondary N) is 2. The Morgan fingerprint density at radius 3 is 2.50 bits per heavy atom. The van der Waals surface area contributed by atoms with E-state index >= 15 is 0 Å². The third-order valence-electron chi connectivity index (χ3n) is 3.73. The van der Waals surface area contributed by atoms with Crippen molar-refractivity contribution in [2.24, 2.45) is 5.92 Å². The molecule has 7 heteroatoms. The molecule has 0 bridgehead atoms. The smallest absolute Gasteiger partial charge is 0.337 e. The van der Waals surface area contributed by atoms with E-state index in [2.05, 4.69) is 10.6 Å². The van der Waals surface area contributed by atoms with Gasteiger partial charge in [-0.2, -0.15) is 0 Å². The molecule has 134 valence electrons. The van der Waals surface area contributed by atoms with Gasteiger partial charge in [-0.15, -0.1) is 12.4 Å². The number of rotatable bonds is 5. The normalized spacial score (nSPS) is 14.7. The van der Waals surface area contributed by atoms with Crippen molar-refractivity contribution >= 4 is 30.0 Å². The molecule has 1 aromatic rings. The van der Waals surface area contributed by atoms with Gasteiger partial charge in [0.15, 0.2) is 0 Å². The van der Waals surface area contributed by atoms with Gasteiger partial charge in [0.05, 0.1) is 24.5 Å². The van der Waals surface area contributed by atoms with Crippen molar-refractivity contribution in [1.29, 1.82) is 0 Å². The van der Waals surface area contributed by atoms with Crippen molar-refractivity contribution in [3.05, 3.63) is 23.8 Å². The molecule has 6 nitrogen and oxygen atoms in total. The number of hydrogen-bond acceptors (Lipinski definition) is 5. The van der Waals surface area contributed by atoms with E-state index in [-0.39, 0.29) is 30.3 Å². The lowest BCUT2D eigenvalue weighted by Crippen LogP contribution is -2.34. The summed E-state index contributed by atoms with van der Waals surface area (Å²) in [5.74, 6) is 0.0421. The molecule has 0 unspecified atom stereocenters. The molecule has 1 fully saturated rings. The molecule has 1 aromatic carbocycles. The predicted octanol–water partition coefficient (Wildman–Crippen LogP) is 2.62. The van der Waals surface area contributed by atoms with Crippen LogP contribution >= 0.6 is 12.4 Å². The summed E-state index contributed by atoms with van der Waals surface area (Å²) in [5.41, 5.74) is 0.884. The van der Waals surface area contributed by atoms with E-state index in [4.69, 9.17) is 9.47 Å². The first-order chi connectivity index (χ1) is 11.0. The largest absolute Gasteiger partial charge is 0.489 e. The molecule has 0 spiro atoms. The minimum absolute atomic E-state index is 0. The zero-order valence-corrected chi connectivity index (χ0v) is 15.1. The Labute approximate surface area is 148 Å². The molecule has 2 N–H and O–H groups in total. The second-order valence-corrected chi connectivity index (χ2v) is 5.88. The zero-order chi connectivity index (χ0) is 16.8. The molecule has 1 aliphatic rings. The minimum Gasteiger partial charge on any atom is -0.489 e. The highest BCUT2D eigenvalue weighted by atomic mass is 35.5. The Balaban J connectivity index is 0.00000288. The number of hydrogen-bond donors (Lipinski definition) is 2. The Morgan fingerprint density at radius 2 is 1.92 bits per heavy atom. The van der Waals surface area contributed by atoms with Crippen LogP contribution in [0.2, 0.25) is 0 Å². The summed E-state index contributed by atoms with van der Waals surface area (Å²) in [7, 11) is 1.33. The molecule has 1 heterocycles. The number of benzene rings is 1. The summed E-state index contributed by atoms with van der Waals surface area (Å²) in [4.78, 5) is 24.1. The van der Waals surface area contributed by atoms with Crippen LogP contribution in [-0.4, -0.2) is 38.2 Å². The van der Waals surface area contributed by atoms with Crippen LogP contribution in [0.3, 0.4) is 0 Å². The van der Waals surface area contributed by atoms with E-state index in [9.17, 15) is 9.59 Å². The van der Waals surface area contributed by atoms with Crippen LogP contribution in [0.5, 0.6) is 5.75 Å². The second-order valence-electron chi connectivity index (χ2n) is 5.88. The number of anilines is 1. The van der Waals surface area contributed by atoms with Crippen LogP contribution in [0.25, 0.3) is 0 Å². The maximum absolute atomic E-state index is 12.4. The number of amides is 1. The lowest BCUT2D eigenvalue weighted by Gasteiger charge is -2.23. The lowest BCUT2D eigenvalue weighted by atomic mass is 9.97. The van der Waals surface area contributed by atoms with E-state index in [1.165, 1.54) is 7.11 Å². The van der Waals surface area contributed by atoms with Gasteiger partial charge in [-0.1, -0.05) is 0 Å². The van der Waals surface area contributed by atoms with E-state index in [0.717, 1.165) is 25.9 Å². The van der Waals surface area contributed by atoms with Crippen molar-refractivity contribution < 1.29 is 19.1 Å². The quantitative estimate of drug-likeness (QED) is 0.793. The highest BCUT2D eigenvalue weighted by molar-refractivity contribution is 5.97. The van der Waals surface area contributed by atoms with E-state index in [0.29, 0.717) is 17.0 Å². The highest BCUT2D eigenvalue weighted by Crippen LogP contribution is 2.28. The van der Waals surface area contributed by atoms with Gasteiger partial charge in [-0.25, -0.2) is 4.79 Å². The van der Waals surface area contributed by atoms with Crippen LogP contribution in [0.4, 0.5) is 5.69 Å². The molecule has 0 aliphatic carbocycles. The van der Waals surface area contributed by atoms with E-state index in [1.807, 2.05) is 13.8 Å². The standard InChI is InChI=1S/C17H24N2O4.ClH/c1-11(2)23-15-5-4-13(17(21)22-3)10-14(15)19-16(20)12-6-8-18-9-7-12;/h4-5,10-12,18H,6-9H2,1-3H3,(H,19,20);1H. The first-order valence-electron chi connectivity index (χ1n) is 7.92. The van der Waals surface area contributed by atoms with Crippen molar-refractivity contribution in [2.75, 3.05) is 25.5 Å². The van der Waals surface area contributed by atoms with E-state index < -0.39 is 5.97 Å². The van der Waals surface area contributed by atoms with Gasteiger partial charge in [0, 0.05) is 5.92 Å². The molecule has 0 saturated carbocycles. The van der Waals surface area contributed by atoms with Gasteiger partial charge in [-0.3, -0.25) is 4.79 Å². The maximum Gasteiger partial charge on any atom is 0.337 e. The maximum atomic E-state index is 12.4. The van der Waals surface area contributed by atoms with Crippen molar-refractivity contribution in [3.8, 4) is 5.75 Å². The fourth-order valence-electron chi connectivity index (χ4n) is 2.55. The third-order valence-corrected chi connectivity index (χ3v) is 3.73. The Morgan fingerprint density at radius 1 is 1.25 bits per heavy atom. The third kappa shape index (κ3) is 5.39. The lowest BCUT2D eigenvalue weighted by molar-refractivity contribution is -0.120. The first-order valence-corrected chi connectivity index (χ1v) is 7.92. The molecule has 0 aromatic heterocycles. The molecule has 1 amide bonds. The second kappa shape index (κ2) is 9.49. The number of carbonyl (C=O) groups is 2. The Kier molecular flexibility index (Phi) is 8.01. The average molecular weight is 357 g/mol. The number of carbonyl (C=O) groups excluding carboxylic acids is 2. The van der Waals surface area contributed by atoms with Gasteiger partial charge in [0.1, 0.15) is 5.75 Å². The Hall–Kier alpha value is -1.79. The summed E-state index contributed by atoms with van der Waals surface area (Å²) in [6, 6.07) is 4.91. The molecule has 0 radical (unpaired) electrons. The molecule has 0 atom stereocenters. The summed E-state index contributed by atoms with van der Waals surface area (Å²) in [6.45, 7) is 5.50. The van der Waals surface area contributed by atoms with Crippen LogP contribution in [-0.2, 0) is 9.53 Å². The average Bonchev–Trinajstić information content (AvgIpc) is 2.56. The first kappa shape index (κ1) is 20.3. The molecule has 2 rings (SSSR count). The van der Waals surface area contributed by atoms with Crippen LogP contribution in [0.1, 0.15) is 37.0 Å². The molecular formula is C17H25ClN2O4. The predicted molar refractivity (Wildman–Crippen MR) is 95.0 cm³/mol. The van der Waals surface area contributed by atoms with Crippen molar-refractivity contribution in [2.45, 2.75) is 32.8 Å². The summed E-state index contributed by atoms with van der Waals surface area (Å²) < 4.78 is 10.5. The van der Waals surface area contributed by atoms with E-state index in [1.54, 1.807) is 18.2 Å². The zero-order valence-electron chi connectivity index (χ0n) is 14.3. The topological polar surface area (TPSA) is 76.7 Å². The number of methoxy groups -OCH3 is 1. The molecule has 1 saturated heterocycles. The van der Waals surface area contributed by atoms with Crippen LogP contribution in [0, 0.1) is 5.92 Å². The number of piperidine rings is 1. The molecule has 1 aliphatic heterocycles. The monoisotopic (exact) mass is 356 g/mol. The van der Waals surface area contributed by atoms with Gasteiger partial charge in [0.2, 0.25) is 5.91 Å². The highest BCUT2D eigenvalue weighted by Gasteiger charge is 2.22. The summed E-state index contributed by atoms with van der Waals surface area (Å²) >= 11 is 0. The number of ether oxygens (including phenoxy) is 2. The van der Waals surface area contributed by atoms with Crippen LogP contribution < -0.4 is 15.4 Å². The van der Waals surface area contributed by atoms with Gasteiger partial charge in [0.25, 0.3) is 0 Å². The summed E-state index contributed by atoms with van der Waals surface area (Å²) in [6.07, 6.45) is 1.58. The number of halogens is 1.